The second-order valence-corrected chi connectivity index (χ2v) is 4.84. The van der Waals surface area contributed by atoms with Crippen molar-refractivity contribution in [2.75, 3.05) is 7.11 Å². The predicted molar refractivity (Wildman–Crippen MR) is 78.2 cm³/mol. The maximum absolute atomic E-state index is 6.22. The molecule has 0 N–H and O–H groups in total. The monoisotopic (exact) mass is 296 g/mol. The Morgan fingerprint density at radius 2 is 1.95 bits per heavy atom. The third-order valence-electron chi connectivity index (χ3n) is 2.94. The summed E-state index contributed by atoms with van der Waals surface area (Å²) in [5, 5.41) is 1.01. The van der Waals surface area contributed by atoms with Crippen LogP contribution in [0.15, 0.2) is 18.2 Å². The van der Waals surface area contributed by atoms with Gasteiger partial charge >= 0.3 is 0 Å². The summed E-state index contributed by atoms with van der Waals surface area (Å²) in [5.41, 5.74) is 2.48. The van der Waals surface area contributed by atoms with Gasteiger partial charge in [-0.15, -0.1) is 0 Å². The molecule has 0 bridgehead atoms. The molecule has 0 saturated heterocycles. The highest BCUT2D eigenvalue weighted by Gasteiger charge is 2.16. The topological polar surface area (TPSA) is 35.0 Å². The molecule has 0 saturated carbocycles. The molecule has 2 rings (SSSR count). The van der Waals surface area contributed by atoms with Crippen LogP contribution in [0, 0.1) is 6.92 Å². The molecule has 1 aromatic carbocycles. The van der Waals surface area contributed by atoms with Gasteiger partial charge in [-0.3, -0.25) is 0 Å². The highest BCUT2D eigenvalue weighted by Crippen LogP contribution is 2.35. The van der Waals surface area contributed by atoms with Crippen LogP contribution < -0.4 is 4.74 Å². The van der Waals surface area contributed by atoms with Gasteiger partial charge in [-0.05, 0) is 25.5 Å². The second kappa shape index (κ2) is 5.76. The van der Waals surface area contributed by atoms with E-state index in [4.69, 9.17) is 27.9 Å². The van der Waals surface area contributed by atoms with E-state index in [9.17, 15) is 0 Å². The second-order valence-electron chi connectivity index (χ2n) is 4.07. The van der Waals surface area contributed by atoms with Crippen molar-refractivity contribution in [3.63, 3.8) is 0 Å². The molecule has 0 aliphatic rings. The Morgan fingerprint density at radius 3 is 2.53 bits per heavy atom. The van der Waals surface area contributed by atoms with Crippen LogP contribution in [0.2, 0.25) is 10.2 Å². The SMILES string of the molecule is CCc1c(C)nc(-c2c(Cl)cccc2OC)nc1Cl. The number of benzene rings is 1. The average Bonchev–Trinajstić information content (AvgIpc) is 2.37. The number of hydrogen-bond acceptors (Lipinski definition) is 3. The standard InChI is InChI=1S/C14H14Cl2N2O/c1-4-9-8(2)17-14(18-13(9)16)12-10(15)6-5-7-11(12)19-3/h5-7H,4H2,1-3H3. The molecule has 0 unspecified atom stereocenters. The molecule has 0 fully saturated rings. The van der Waals surface area contributed by atoms with E-state index >= 15 is 0 Å². The van der Waals surface area contributed by atoms with Crippen molar-refractivity contribution in [3.05, 3.63) is 39.6 Å². The van der Waals surface area contributed by atoms with E-state index in [-0.39, 0.29) is 0 Å². The lowest BCUT2D eigenvalue weighted by atomic mass is 10.1. The van der Waals surface area contributed by atoms with Crippen molar-refractivity contribution in [2.45, 2.75) is 20.3 Å². The minimum absolute atomic E-state index is 0.465. The minimum atomic E-state index is 0.465. The van der Waals surface area contributed by atoms with Gasteiger partial charge in [0.25, 0.3) is 0 Å². The van der Waals surface area contributed by atoms with Crippen LogP contribution in [0.4, 0.5) is 0 Å². The summed E-state index contributed by atoms with van der Waals surface area (Å²) < 4.78 is 5.31. The smallest absolute Gasteiger partial charge is 0.166 e. The zero-order valence-corrected chi connectivity index (χ0v) is 12.5. The fourth-order valence-corrected chi connectivity index (χ4v) is 2.57. The van der Waals surface area contributed by atoms with Crippen LogP contribution in [-0.4, -0.2) is 17.1 Å². The van der Waals surface area contributed by atoms with Gasteiger partial charge in [-0.25, -0.2) is 9.97 Å². The first-order valence-corrected chi connectivity index (χ1v) is 6.70. The number of ether oxygens (including phenoxy) is 1. The molecule has 1 aromatic heterocycles. The van der Waals surface area contributed by atoms with Crippen LogP contribution in [0.1, 0.15) is 18.2 Å². The van der Waals surface area contributed by atoms with Gasteiger partial charge in [0.15, 0.2) is 5.82 Å². The Morgan fingerprint density at radius 1 is 1.21 bits per heavy atom. The first-order valence-electron chi connectivity index (χ1n) is 5.94. The Bertz CT molecular complexity index is 591. The van der Waals surface area contributed by atoms with Crippen LogP contribution in [0.3, 0.4) is 0 Å². The number of aryl methyl sites for hydroxylation is 1. The van der Waals surface area contributed by atoms with Crippen molar-refractivity contribution in [3.8, 4) is 17.1 Å². The summed E-state index contributed by atoms with van der Waals surface area (Å²) in [5.74, 6) is 1.12. The van der Waals surface area contributed by atoms with E-state index in [2.05, 4.69) is 9.97 Å². The van der Waals surface area contributed by atoms with Gasteiger partial charge in [0.1, 0.15) is 10.9 Å². The lowest BCUT2D eigenvalue weighted by Gasteiger charge is -2.12. The lowest BCUT2D eigenvalue weighted by molar-refractivity contribution is 0.416. The summed E-state index contributed by atoms with van der Waals surface area (Å²) >= 11 is 12.4. The minimum Gasteiger partial charge on any atom is -0.496 e. The molecule has 19 heavy (non-hydrogen) atoms. The number of aromatic nitrogens is 2. The molecule has 0 aliphatic heterocycles. The molecule has 2 aromatic rings. The molecule has 0 amide bonds. The maximum atomic E-state index is 6.22. The Balaban J connectivity index is 2.66. The van der Waals surface area contributed by atoms with Crippen molar-refractivity contribution in [2.24, 2.45) is 0 Å². The zero-order chi connectivity index (χ0) is 14.0. The zero-order valence-electron chi connectivity index (χ0n) is 11.0. The van der Waals surface area contributed by atoms with Crippen LogP contribution in [-0.2, 0) is 6.42 Å². The van der Waals surface area contributed by atoms with Gasteiger partial charge in [-0.1, -0.05) is 36.2 Å². The fraction of sp³-hybridized carbons (Fsp3) is 0.286. The summed E-state index contributed by atoms with van der Waals surface area (Å²) in [4.78, 5) is 8.82. The molecule has 1 heterocycles. The normalized spacial score (nSPS) is 10.6. The lowest BCUT2D eigenvalue weighted by Crippen LogP contribution is -2.01. The van der Waals surface area contributed by atoms with Crippen molar-refractivity contribution < 1.29 is 4.74 Å². The molecule has 0 radical (unpaired) electrons. The van der Waals surface area contributed by atoms with Crippen molar-refractivity contribution in [1.29, 1.82) is 0 Å². The Labute approximate surface area is 122 Å². The molecule has 0 spiro atoms. The fourth-order valence-electron chi connectivity index (χ4n) is 1.97. The largest absolute Gasteiger partial charge is 0.496 e. The van der Waals surface area contributed by atoms with E-state index in [1.165, 1.54) is 0 Å². The van der Waals surface area contributed by atoms with Gasteiger partial charge < -0.3 is 4.74 Å². The molecular weight excluding hydrogens is 283 g/mol. The summed E-state index contributed by atoms with van der Waals surface area (Å²) in [6.07, 6.45) is 0.796. The molecule has 5 heteroatoms. The first-order chi connectivity index (χ1) is 9.08. The molecule has 0 atom stereocenters. The molecule has 100 valence electrons. The van der Waals surface area contributed by atoms with Crippen LogP contribution in [0.25, 0.3) is 11.4 Å². The van der Waals surface area contributed by atoms with E-state index in [0.29, 0.717) is 27.3 Å². The highest BCUT2D eigenvalue weighted by molar-refractivity contribution is 6.33. The first kappa shape index (κ1) is 14.1. The average molecular weight is 297 g/mol. The van der Waals surface area contributed by atoms with Crippen LogP contribution >= 0.6 is 23.2 Å². The Kier molecular flexibility index (Phi) is 4.27. The van der Waals surface area contributed by atoms with Gasteiger partial charge in [0.2, 0.25) is 0 Å². The van der Waals surface area contributed by atoms with E-state index in [0.717, 1.165) is 17.7 Å². The molecular formula is C14H14Cl2N2O. The van der Waals surface area contributed by atoms with Crippen molar-refractivity contribution in [1.82, 2.24) is 9.97 Å². The van der Waals surface area contributed by atoms with Gasteiger partial charge in [0, 0.05) is 11.3 Å². The van der Waals surface area contributed by atoms with E-state index < -0.39 is 0 Å². The third-order valence-corrected chi connectivity index (χ3v) is 3.56. The maximum Gasteiger partial charge on any atom is 0.166 e. The number of rotatable bonds is 3. The third kappa shape index (κ3) is 2.67. The number of halogens is 2. The van der Waals surface area contributed by atoms with E-state index in [1.807, 2.05) is 26.0 Å². The summed E-state index contributed by atoms with van der Waals surface area (Å²) in [7, 11) is 1.59. The number of nitrogens with zero attached hydrogens (tertiary/aromatic N) is 2. The van der Waals surface area contributed by atoms with Gasteiger partial charge in [0.05, 0.1) is 17.7 Å². The van der Waals surface area contributed by atoms with Crippen molar-refractivity contribution >= 4 is 23.2 Å². The quantitative estimate of drug-likeness (QED) is 0.791. The highest BCUT2D eigenvalue weighted by atomic mass is 35.5. The number of hydrogen-bond donors (Lipinski definition) is 0. The summed E-state index contributed by atoms with van der Waals surface area (Å²) in [6.45, 7) is 3.94. The summed E-state index contributed by atoms with van der Waals surface area (Å²) in [6, 6.07) is 5.42. The van der Waals surface area contributed by atoms with Gasteiger partial charge in [-0.2, -0.15) is 0 Å². The predicted octanol–water partition coefficient (Wildman–Crippen LogP) is 4.33. The van der Waals surface area contributed by atoms with E-state index in [1.54, 1.807) is 13.2 Å². The number of methoxy groups -OCH3 is 1. The van der Waals surface area contributed by atoms with Crippen LogP contribution in [0.5, 0.6) is 5.75 Å². The molecule has 0 aliphatic carbocycles. The molecule has 3 nitrogen and oxygen atoms in total. The Hall–Kier alpha value is -1.32.